The molecule has 30 heavy (non-hydrogen) atoms. The number of hydrogen-bond donors (Lipinski definition) is 2. The molecule has 1 fully saturated rings. The van der Waals surface area contributed by atoms with Gasteiger partial charge >= 0.3 is 0 Å². The largest absolute Gasteiger partial charge is 0.472 e. The molecule has 1 aromatic heterocycles. The van der Waals surface area contributed by atoms with E-state index in [1.165, 1.54) is 24.7 Å². The number of benzene rings is 1. The molecule has 8 heteroatoms. The summed E-state index contributed by atoms with van der Waals surface area (Å²) in [5.74, 6) is -1.13. The van der Waals surface area contributed by atoms with Gasteiger partial charge in [0.15, 0.2) is 0 Å². The molecule has 0 aliphatic carbocycles. The van der Waals surface area contributed by atoms with Crippen molar-refractivity contribution < 1.29 is 23.2 Å². The van der Waals surface area contributed by atoms with Crippen LogP contribution in [-0.2, 0) is 16.1 Å². The fourth-order valence-electron chi connectivity index (χ4n) is 3.45. The summed E-state index contributed by atoms with van der Waals surface area (Å²) in [5.41, 5.74) is 1.64. The summed E-state index contributed by atoms with van der Waals surface area (Å²) in [4.78, 5) is 38.8. The number of amides is 3. The van der Waals surface area contributed by atoms with Gasteiger partial charge < -0.3 is 20.0 Å². The molecule has 3 amide bonds. The highest BCUT2D eigenvalue weighted by Crippen LogP contribution is 2.19. The second-order valence-electron chi connectivity index (χ2n) is 7.61. The molecule has 1 saturated heterocycles. The average Bonchev–Trinajstić information content (AvgIpc) is 3.29. The monoisotopic (exact) mass is 415 g/mol. The molecular formula is C22H26FN3O4. The molecule has 1 aromatic carbocycles. The number of hydrogen-bond acceptors (Lipinski definition) is 4. The average molecular weight is 415 g/mol. The van der Waals surface area contributed by atoms with Gasteiger partial charge in [0, 0.05) is 25.6 Å². The molecule has 2 heterocycles. The standard InChI is InChI=1S/C22H26FN3O4/c1-14-3-4-16(11-19(14)23)12-24-20(27)17-5-8-26(9-6-17)22(29)15(2)25-21(28)18-7-10-30-13-18/h3-4,7,10-11,13,15,17H,5-6,8-9,12H2,1-2H3,(H,24,27)(H,25,28)/t15-/m0/s1. The summed E-state index contributed by atoms with van der Waals surface area (Å²) < 4.78 is 18.5. The van der Waals surface area contributed by atoms with E-state index < -0.39 is 6.04 Å². The lowest BCUT2D eigenvalue weighted by molar-refractivity contribution is -0.136. The predicted molar refractivity (Wildman–Crippen MR) is 108 cm³/mol. The van der Waals surface area contributed by atoms with E-state index in [-0.39, 0.29) is 36.0 Å². The zero-order valence-electron chi connectivity index (χ0n) is 17.1. The maximum atomic E-state index is 13.6. The Labute approximate surface area is 174 Å². The summed E-state index contributed by atoms with van der Waals surface area (Å²) >= 11 is 0. The number of halogens is 1. The van der Waals surface area contributed by atoms with Crippen LogP contribution in [0.2, 0.25) is 0 Å². The second-order valence-corrected chi connectivity index (χ2v) is 7.61. The van der Waals surface area contributed by atoms with Crippen LogP contribution in [0.3, 0.4) is 0 Å². The smallest absolute Gasteiger partial charge is 0.255 e. The molecule has 7 nitrogen and oxygen atoms in total. The van der Waals surface area contributed by atoms with E-state index in [1.54, 1.807) is 30.9 Å². The number of carbonyl (C=O) groups is 3. The molecule has 0 unspecified atom stereocenters. The van der Waals surface area contributed by atoms with Crippen LogP contribution >= 0.6 is 0 Å². The van der Waals surface area contributed by atoms with Crippen molar-refractivity contribution in [2.45, 2.75) is 39.3 Å². The molecule has 2 aromatic rings. The van der Waals surface area contributed by atoms with Gasteiger partial charge in [-0.05, 0) is 49.9 Å². The summed E-state index contributed by atoms with van der Waals surface area (Å²) in [7, 11) is 0. The molecular weight excluding hydrogens is 389 g/mol. The number of carbonyl (C=O) groups excluding carboxylic acids is 3. The summed E-state index contributed by atoms with van der Waals surface area (Å²) in [5, 5.41) is 5.51. The van der Waals surface area contributed by atoms with E-state index in [0.29, 0.717) is 42.6 Å². The maximum Gasteiger partial charge on any atom is 0.255 e. The Morgan fingerprint density at radius 3 is 2.60 bits per heavy atom. The van der Waals surface area contributed by atoms with Crippen molar-refractivity contribution in [3.63, 3.8) is 0 Å². The molecule has 0 saturated carbocycles. The normalized spacial score (nSPS) is 15.5. The summed E-state index contributed by atoms with van der Waals surface area (Å²) in [6.45, 7) is 4.49. The zero-order valence-corrected chi connectivity index (χ0v) is 17.1. The number of nitrogens with zero attached hydrogens (tertiary/aromatic N) is 1. The van der Waals surface area contributed by atoms with Crippen LogP contribution in [0, 0.1) is 18.7 Å². The Bertz CT molecular complexity index is 905. The highest BCUT2D eigenvalue weighted by Gasteiger charge is 2.30. The minimum absolute atomic E-state index is 0.0932. The minimum Gasteiger partial charge on any atom is -0.472 e. The van der Waals surface area contributed by atoms with Crippen molar-refractivity contribution in [3.05, 3.63) is 59.3 Å². The first kappa shape index (κ1) is 21.5. The van der Waals surface area contributed by atoms with E-state index in [2.05, 4.69) is 10.6 Å². The van der Waals surface area contributed by atoms with Crippen molar-refractivity contribution >= 4 is 17.7 Å². The third-order valence-electron chi connectivity index (χ3n) is 5.38. The molecule has 1 aliphatic rings. The number of piperidine rings is 1. The van der Waals surface area contributed by atoms with Crippen molar-refractivity contribution in [3.8, 4) is 0 Å². The van der Waals surface area contributed by atoms with Gasteiger partial charge in [-0.15, -0.1) is 0 Å². The van der Waals surface area contributed by atoms with Crippen LogP contribution in [0.4, 0.5) is 4.39 Å². The van der Waals surface area contributed by atoms with Gasteiger partial charge in [-0.3, -0.25) is 14.4 Å². The number of nitrogens with one attached hydrogen (secondary N) is 2. The lowest BCUT2D eigenvalue weighted by Gasteiger charge is -2.33. The highest BCUT2D eigenvalue weighted by molar-refractivity contribution is 5.97. The number of furan rings is 1. The molecule has 0 radical (unpaired) electrons. The maximum absolute atomic E-state index is 13.6. The first-order valence-corrected chi connectivity index (χ1v) is 9.99. The molecule has 1 aliphatic heterocycles. The van der Waals surface area contributed by atoms with Gasteiger partial charge in [-0.1, -0.05) is 12.1 Å². The topological polar surface area (TPSA) is 91.7 Å². The van der Waals surface area contributed by atoms with Gasteiger partial charge in [0.2, 0.25) is 11.8 Å². The predicted octanol–water partition coefficient (Wildman–Crippen LogP) is 2.40. The third kappa shape index (κ3) is 5.25. The number of aryl methyl sites for hydroxylation is 1. The molecule has 1 atom stereocenters. The van der Waals surface area contributed by atoms with E-state index in [4.69, 9.17) is 4.42 Å². The Morgan fingerprint density at radius 1 is 1.23 bits per heavy atom. The Balaban J connectivity index is 1.44. The lowest BCUT2D eigenvalue weighted by atomic mass is 9.95. The first-order valence-electron chi connectivity index (χ1n) is 9.99. The lowest BCUT2D eigenvalue weighted by Crippen LogP contribution is -2.50. The van der Waals surface area contributed by atoms with Crippen LogP contribution in [0.15, 0.2) is 41.2 Å². The van der Waals surface area contributed by atoms with Crippen LogP contribution in [0.5, 0.6) is 0 Å². The van der Waals surface area contributed by atoms with E-state index in [9.17, 15) is 18.8 Å². The van der Waals surface area contributed by atoms with Crippen molar-refractivity contribution in [2.75, 3.05) is 13.1 Å². The van der Waals surface area contributed by atoms with E-state index >= 15 is 0 Å². The van der Waals surface area contributed by atoms with Crippen LogP contribution in [0.25, 0.3) is 0 Å². The quantitative estimate of drug-likeness (QED) is 0.758. The van der Waals surface area contributed by atoms with Gasteiger partial charge in [-0.25, -0.2) is 4.39 Å². The Hall–Kier alpha value is -3.16. The SMILES string of the molecule is Cc1ccc(CNC(=O)C2CCN(C(=O)[C@H](C)NC(=O)c3ccoc3)CC2)cc1F. The second kappa shape index (κ2) is 9.56. The van der Waals surface area contributed by atoms with E-state index in [1.807, 2.05) is 0 Å². The van der Waals surface area contributed by atoms with Gasteiger partial charge in [0.1, 0.15) is 18.1 Å². The Kier molecular flexibility index (Phi) is 6.87. The minimum atomic E-state index is -0.672. The zero-order chi connectivity index (χ0) is 21.7. The van der Waals surface area contributed by atoms with Crippen LogP contribution < -0.4 is 10.6 Å². The molecule has 2 N–H and O–H groups in total. The van der Waals surface area contributed by atoms with Crippen molar-refractivity contribution in [2.24, 2.45) is 5.92 Å². The first-order chi connectivity index (χ1) is 14.3. The van der Waals surface area contributed by atoms with Crippen LogP contribution in [0.1, 0.15) is 41.3 Å². The number of likely N-dealkylation sites (tertiary alicyclic amines) is 1. The van der Waals surface area contributed by atoms with E-state index in [0.717, 1.165) is 0 Å². The fourth-order valence-corrected chi connectivity index (χ4v) is 3.45. The molecule has 0 bridgehead atoms. The van der Waals surface area contributed by atoms with Gasteiger partial charge in [0.05, 0.1) is 11.8 Å². The fraction of sp³-hybridized carbons (Fsp3) is 0.409. The molecule has 160 valence electrons. The van der Waals surface area contributed by atoms with Crippen molar-refractivity contribution in [1.29, 1.82) is 0 Å². The van der Waals surface area contributed by atoms with Gasteiger partial charge in [0.25, 0.3) is 5.91 Å². The molecule has 3 rings (SSSR count). The van der Waals surface area contributed by atoms with Gasteiger partial charge in [-0.2, -0.15) is 0 Å². The highest BCUT2D eigenvalue weighted by atomic mass is 19.1. The summed E-state index contributed by atoms with van der Waals surface area (Å²) in [6.07, 6.45) is 3.80. The van der Waals surface area contributed by atoms with Crippen LogP contribution in [-0.4, -0.2) is 41.8 Å². The summed E-state index contributed by atoms with van der Waals surface area (Å²) in [6, 6.07) is 5.76. The van der Waals surface area contributed by atoms with Crippen molar-refractivity contribution in [1.82, 2.24) is 15.5 Å². The third-order valence-corrected chi connectivity index (χ3v) is 5.38. The molecule has 0 spiro atoms. The number of rotatable bonds is 6. The Morgan fingerprint density at radius 2 is 1.97 bits per heavy atom.